The molecule has 88 valence electrons. The molecule has 0 unspecified atom stereocenters. The zero-order chi connectivity index (χ0) is 12.6. The smallest absolute Gasteiger partial charge is 0.354 e. The molecular weight excluding hydrogens is 293 g/mol. The van der Waals surface area contributed by atoms with Crippen LogP contribution in [0.2, 0.25) is 0 Å². The van der Waals surface area contributed by atoms with Gasteiger partial charge in [0, 0.05) is 15.9 Å². The monoisotopic (exact) mass is 299 g/mol. The van der Waals surface area contributed by atoms with E-state index >= 15 is 0 Å². The van der Waals surface area contributed by atoms with Crippen molar-refractivity contribution in [2.45, 2.75) is 0 Å². The van der Waals surface area contributed by atoms with E-state index in [4.69, 9.17) is 0 Å². The molecule has 0 spiro atoms. The number of rotatable bonds is 1. The molecule has 0 atom stereocenters. The number of aromatic amines is 1. The fourth-order valence-corrected chi connectivity index (χ4v) is 2.03. The van der Waals surface area contributed by atoms with Crippen LogP contribution >= 0.6 is 15.9 Å². The number of hydrogen-bond acceptors (Lipinski definition) is 3. The molecule has 0 saturated carbocycles. The third-order valence-electron chi connectivity index (χ3n) is 2.26. The van der Waals surface area contributed by atoms with E-state index in [2.05, 4.69) is 25.7 Å². The van der Waals surface area contributed by atoms with Gasteiger partial charge >= 0.3 is 5.97 Å². The van der Waals surface area contributed by atoms with Gasteiger partial charge in [0.15, 0.2) is 5.43 Å². The first kappa shape index (κ1) is 11.8. The predicted octanol–water partition coefficient (Wildman–Crippen LogP) is 2.22. The molecule has 1 heterocycles. The Morgan fingerprint density at radius 1 is 1.41 bits per heavy atom. The number of nitrogens with one attached hydrogen (secondary N) is 1. The van der Waals surface area contributed by atoms with Gasteiger partial charge in [-0.15, -0.1) is 0 Å². The minimum Gasteiger partial charge on any atom is -0.464 e. The lowest BCUT2D eigenvalue weighted by atomic mass is 10.2. The molecule has 0 bridgehead atoms. The molecule has 1 N–H and O–H groups in total. The number of carbonyl (C=O) groups excluding carboxylic acids is 1. The number of aromatic nitrogens is 1. The summed E-state index contributed by atoms with van der Waals surface area (Å²) >= 11 is 3.12. The Kier molecular flexibility index (Phi) is 2.97. The van der Waals surface area contributed by atoms with Gasteiger partial charge in [-0.25, -0.2) is 9.18 Å². The minimum absolute atomic E-state index is 0.0253. The topological polar surface area (TPSA) is 59.2 Å². The minimum atomic E-state index is -0.653. The number of halogens is 2. The lowest BCUT2D eigenvalue weighted by molar-refractivity contribution is 0.0594. The molecule has 1 aromatic heterocycles. The zero-order valence-corrected chi connectivity index (χ0v) is 10.3. The van der Waals surface area contributed by atoms with Crippen molar-refractivity contribution < 1.29 is 13.9 Å². The Hall–Kier alpha value is -1.69. The SMILES string of the molecule is COC(=O)c1cc(=O)c2cc(F)cc(Br)c2[nH]1. The summed E-state index contributed by atoms with van der Waals surface area (Å²) in [5, 5.41) is 0.171. The normalized spacial score (nSPS) is 10.5. The highest BCUT2D eigenvalue weighted by Gasteiger charge is 2.12. The molecule has 0 fully saturated rings. The summed E-state index contributed by atoms with van der Waals surface area (Å²) in [6, 6.07) is 3.40. The number of benzene rings is 1. The molecule has 0 aliphatic heterocycles. The summed E-state index contributed by atoms with van der Waals surface area (Å²) in [6.07, 6.45) is 0. The van der Waals surface area contributed by atoms with Gasteiger partial charge in [0.05, 0.1) is 12.6 Å². The zero-order valence-electron chi connectivity index (χ0n) is 8.71. The highest BCUT2D eigenvalue weighted by molar-refractivity contribution is 9.10. The van der Waals surface area contributed by atoms with Crippen LogP contribution in [0.1, 0.15) is 10.5 Å². The molecular formula is C11H7BrFNO3. The Labute approximate surface area is 104 Å². The molecule has 0 amide bonds. The van der Waals surface area contributed by atoms with E-state index in [9.17, 15) is 14.0 Å². The first-order chi connectivity index (χ1) is 8.02. The average Bonchev–Trinajstić information content (AvgIpc) is 2.29. The summed E-state index contributed by atoms with van der Waals surface area (Å²) < 4.78 is 18.0. The van der Waals surface area contributed by atoms with Crippen molar-refractivity contribution >= 4 is 32.8 Å². The molecule has 1 aromatic carbocycles. The maximum atomic E-state index is 13.1. The second-order valence-corrected chi connectivity index (χ2v) is 4.20. The van der Waals surface area contributed by atoms with Crippen molar-refractivity contribution in [1.29, 1.82) is 0 Å². The Balaban J connectivity index is 2.82. The molecule has 0 aliphatic carbocycles. The number of H-pyrrole nitrogens is 1. The van der Waals surface area contributed by atoms with Crippen LogP contribution in [-0.2, 0) is 4.74 Å². The van der Waals surface area contributed by atoms with Crippen LogP contribution in [0.25, 0.3) is 10.9 Å². The van der Waals surface area contributed by atoms with Crippen LogP contribution in [0.5, 0.6) is 0 Å². The first-order valence-corrected chi connectivity index (χ1v) is 5.42. The third-order valence-corrected chi connectivity index (χ3v) is 2.89. The van der Waals surface area contributed by atoms with Crippen molar-refractivity contribution in [1.82, 2.24) is 4.98 Å². The molecule has 0 aliphatic rings. The number of hydrogen-bond donors (Lipinski definition) is 1. The fourth-order valence-electron chi connectivity index (χ4n) is 1.49. The van der Waals surface area contributed by atoms with Gasteiger partial charge in [-0.2, -0.15) is 0 Å². The van der Waals surface area contributed by atoms with Crippen LogP contribution in [-0.4, -0.2) is 18.1 Å². The van der Waals surface area contributed by atoms with Crippen molar-refractivity contribution in [2.75, 3.05) is 7.11 Å². The lowest BCUT2D eigenvalue weighted by Gasteiger charge is -2.04. The van der Waals surface area contributed by atoms with Gasteiger partial charge in [-0.3, -0.25) is 4.79 Å². The van der Waals surface area contributed by atoms with E-state index in [-0.39, 0.29) is 11.1 Å². The van der Waals surface area contributed by atoms with E-state index in [1.165, 1.54) is 13.2 Å². The van der Waals surface area contributed by atoms with Crippen molar-refractivity contribution in [3.63, 3.8) is 0 Å². The third kappa shape index (κ3) is 2.08. The van der Waals surface area contributed by atoms with Crippen molar-refractivity contribution in [2.24, 2.45) is 0 Å². The summed E-state index contributed by atoms with van der Waals surface area (Å²) in [5.41, 5.74) is -0.0593. The van der Waals surface area contributed by atoms with Gasteiger partial charge in [0.2, 0.25) is 0 Å². The number of carbonyl (C=O) groups is 1. The van der Waals surface area contributed by atoms with Crippen molar-refractivity contribution in [3.8, 4) is 0 Å². The number of fused-ring (bicyclic) bond motifs is 1. The van der Waals surface area contributed by atoms with E-state index in [0.717, 1.165) is 12.1 Å². The quantitative estimate of drug-likeness (QED) is 0.822. The Bertz CT molecular complexity index is 666. The van der Waals surface area contributed by atoms with Crippen LogP contribution in [0.4, 0.5) is 4.39 Å². The maximum Gasteiger partial charge on any atom is 0.354 e. The highest BCUT2D eigenvalue weighted by Crippen LogP contribution is 2.21. The first-order valence-electron chi connectivity index (χ1n) is 4.63. The molecule has 2 aromatic rings. The number of methoxy groups -OCH3 is 1. The molecule has 17 heavy (non-hydrogen) atoms. The molecule has 2 rings (SSSR count). The highest BCUT2D eigenvalue weighted by atomic mass is 79.9. The average molecular weight is 300 g/mol. The largest absolute Gasteiger partial charge is 0.464 e. The van der Waals surface area contributed by atoms with E-state index in [1.807, 2.05) is 0 Å². The van der Waals surface area contributed by atoms with Gasteiger partial charge < -0.3 is 9.72 Å². The number of pyridine rings is 1. The van der Waals surface area contributed by atoms with Crippen LogP contribution in [0.15, 0.2) is 27.5 Å². The molecule has 4 nitrogen and oxygen atoms in total. The standard InChI is InChI=1S/C11H7BrFNO3/c1-17-11(16)8-4-9(15)6-2-5(13)3-7(12)10(6)14-8/h2-4H,1H3,(H,14,15). The van der Waals surface area contributed by atoms with Gasteiger partial charge in [0.1, 0.15) is 11.5 Å². The number of ether oxygens (including phenoxy) is 1. The van der Waals surface area contributed by atoms with E-state index in [1.54, 1.807) is 0 Å². The van der Waals surface area contributed by atoms with Crippen molar-refractivity contribution in [3.05, 3.63) is 44.4 Å². The number of esters is 1. The summed E-state index contributed by atoms with van der Waals surface area (Å²) in [6.45, 7) is 0. The van der Waals surface area contributed by atoms with Gasteiger partial charge in [-0.05, 0) is 28.1 Å². The Morgan fingerprint density at radius 2 is 2.12 bits per heavy atom. The van der Waals surface area contributed by atoms with E-state index < -0.39 is 17.2 Å². The maximum absolute atomic E-state index is 13.1. The summed E-state index contributed by atoms with van der Waals surface area (Å²) in [4.78, 5) is 25.7. The second kappa shape index (κ2) is 4.29. The van der Waals surface area contributed by atoms with Crippen LogP contribution < -0.4 is 5.43 Å². The molecule has 0 saturated heterocycles. The predicted molar refractivity (Wildman–Crippen MR) is 63.6 cm³/mol. The second-order valence-electron chi connectivity index (χ2n) is 3.35. The van der Waals surface area contributed by atoms with Gasteiger partial charge in [-0.1, -0.05) is 0 Å². The van der Waals surface area contributed by atoms with E-state index in [0.29, 0.717) is 9.99 Å². The van der Waals surface area contributed by atoms with Gasteiger partial charge in [0.25, 0.3) is 0 Å². The Morgan fingerprint density at radius 3 is 2.76 bits per heavy atom. The molecule has 0 radical (unpaired) electrons. The summed E-state index contributed by atoms with van der Waals surface area (Å²) in [5.74, 6) is -1.18. The van der Waals surface area contributed by atoms with Crippen LogP contribution in [0.3, 0.4) is 0 Å². The lowest BCUT2D eigenvalue weighted by Crippen LogP contribution is -2.11. The molecule has 6 heteroatoms. The fraction of sp³-hybridized carbons (Fsp3) is 0.0909. The van der Waals surface area contributed by atoms with Crippen LogP contribution in [0, 0.1) is 5.82 Å². The summed E-state index contributed by atoms with van der Waals surface area (Å²) in [7, 11) is 1.21.